The topological polar surface area (TPSA) is 175 Å². The average Bonchev–Trinajstić information content (AvgIpc) is 1.74. The molecule has 7 aliphatic heterocycles. The molecule has 18 nitrogen and oxygen atoms in total. The van der Waals surface area contributed by atoms with Crippen molar-refractivity contribution in [3.63, 3.8) is 0 Å². The van der Waals surface area contributed by atoms with E-state index in [1.165, 1.54) is 13.2 Å². The van der Waals surface area contributed by atoms with Crippen molar-refractivity contribution in [1.82, 2.24) is 39.9 Å². The second-order valence-corrected chi connectivity index (χ2v) is 35.4. The third-order valence-electron chi connectivity index (χ3n) is 21.7. The molecular weight excluding hydrogens is 1230 g/mol. The fourth-order valence-corrected chi connectivity index (χ4v) is 22.0. The number of carbonyl (C=O) groups excluding carboxylic acids is 4. The van der Waals surface area contributed by atoms with Crippen LogP contribution >= 0.6 is 0 Å². The quantitative estimate of drug-likeness (QED) is 0.0379. The van der Waals surface area contributed by atoms with E-state index in [1.54, 1.807) is 29.3 Å². The Morgan fingerprint density at radius 2 is 1.49 bits per heavy atom. The smallest absolute Gasteiger partial charge is 0.410 e. The lowest BCUT2D eigenvalue weighted by molar-refractivity contribution is -0.136. The van der Waals surface area contributed by atoms with Gasteiger partial charge in [0.2, 0.25) is 11.8 Å². The summed E-state index contributed by atoms with van der Waals surface area (Å²) in [5.41, 5.74) is 5.58. The van der Waals surface area contributed by atoms with Crippen LogP contribution < -0.4 is 24.6 Å². The number of hydrogen-bond donors (Lipinski definition) is 1. The summed E-state index contributed by atoms with van der Waals surface area (Å²) >= 11 is 0. The van der Waals surface area contributed by atoms with Gasteiger partial charge in [0.25, 0.3) is 5.91 Å². The minimum absolute atomic E-state index is 0.0338. The van der Waals surface area contributed by atoms with Crippen LogP contribution in [0.1, 0.15) is 154 Å². The second kappa shape index (κ2) is 27.8. The summed E-state index contributed by atoms with van der Waals surface area (Å²) < 4.78 is 75.2. The molecule has 95 heavy (non-hydrogen) atoms. The Kier molecular flexibility index (Phi) is 19.9. The molecule has 7 aliphatic rings. The van der Waals surface area contributed by atoms with E-state index in [-0.39, 0.29) is 94.8 Å². The van der Waals surface area contributed by atoms with Gasteiger partial charge >= 0.3 is 12.1 Å². The highest BCUT2D eigenvalue weighted by molar-refractivity contribution is 6.90. The molecule has 0 radical (unpaired) electrons. The molecule has 12 rings (SSSR count). The lowest BCUT2D eigenvalue weighted by atomic mass is 9.80. The number of ether oxygens (including phenoxy) is 4. The molecule has 3 aromatic carbocycles. The lowest BCUT2D eigenvalue weighted by Crippen LogP contribution is -2.57. The number of hydrogen-bond acceptors (Lipinski definition) is 15. The molecule has 510 valence electrons. The average molecular weight is 1330 g/mol. The van der Waals surface area contributed by atoms with Gasteiger partial charge in [-0.3, -0.25) is 34.5 Å². The summed E-state index contributed by atoms with van der Waals surface area (Å²) in [6, 6.07) is 11.4. The van der Waals surface area contributed by atoms with E-state index in [2.05, 4.69) is 84.0 Å². The van der Waals surface area contributed by atoms with E-state index < -0.39 is 42.9 Å². The molecule has 3 unspecified atom stereocenters. The molecule has 2 aromatic heterocycles. The second-order valence-electron chi connectivity index (χ2n) is 29.8. The van der Waals surface area contributed by atoms with Crippen LogP contribution in [0.3, 0.4) is 0 Å². The predicted octanol–water partition coefficient (Wildman–Crippen LogP) is 12.2. The van der Waals surface area contributed by atoms with Crippen molar-refractivity contribution in [3.05, 3.63) is 77.0 Å². The molecule has 1 N–H and O–H groups in total. The first-order valence-corrected chi connectivity index (χ1v) is 36.9. The number of piperazine rings is 1. The molecule has 4 amide bonds. The fraction of sp³-hybridized carbons (Fsp3) is 0.603. The van der Waals surface area contributed by atoms with Crippen LogP contribution in [-0.2, 0) is 25.6 Å². The Labute approximate surface area is 558 Å². The van der Waals surface area contributed by atoms with Gasteiger partial charge in [-0.25, -0.2) is 18.0 Å². The van der Waals surface area contributed by atoms with Gasteiger partial charge in [0.15, 0.2) is 12.6 Å². The number of rotatable bonds is 18. The van der Waals surface area contributed by atoms with Crippen molar-refractivity contribution in [2.24, 2.45) is 11.8 Å². The van der Waals surface area contributed by atoms with E-state index in [4.69, 9.17) is 33.9 Å². The van der Waals surface area contributed by atoms with Gasteiger partial charge in [-0.15, -0.1) is 5.54 Å². The first-order valence-electron chi connectivity index (χ1n) is 34.7. The molecule has 9 heterocycles. The van der Waals surface area contributed by atoms with Gasteiger partial charge in [0, 0.05) is 101 Å². The third-order valence-corrected chi connectivity index (χ3v) is 28.0. The number of likely N-dealkylation sites (tertiary alicyclic amines) is 2. The van der Waals surface area contributed by atoms with Gasteiger partial charge in [0.05, 0.1) is 23.0 Å². The van der Waals surface area contributed by atoms with Crippen LogP contribution in [0.4, 0.5) is 29.5 Å². The SMILES string of the molecule is COCOc1cc(-c2ncc3c(N4CC5CCC(C4)N5C(=O)OC(C)(C)C)nc(OCCN4CCC(F)(CC5CCN(CC6CCN(c7ccc8c(c7)CN(C7CCC(=O)NC7=O)C8=O)CC6)CC5)CC4)nc3c2F)c2c(C#C[Si](C(C)C)(C(C)C)C(C)C)c(F)ccc2c1. The van der Waals surface area contributed by atoms with E-state index in [0.717, 1.165) is 82.5 Å². The molecule has 0 spiro atoms. The highest BCUT2D eigenvalue weighted by Crippen LogP contribution is 2.45. The molecule has 6 saturated heterocycles. The number of imide groups is 1. The predicted molar refractivity (Wildman–Crippen MR) is 364 cm³/mol. The molecule has 22 heteroatoms. The lowest BCUT2D eigenvalue weighted by Gasteiger charge is -2.42. The van der Waals surface area contributed by atoms with Gasteiger partial charge in [-0.1, -0.05) is 53.5 Å². The van der Waals surface area contributed by atoms with Crippen LogP contribution in [-0.4, -0.2) is 182 Å². The van der Waals surface area contributed by atoms with Crippen molar-refractivity contribution in [1.29, 1.82) is 0 Å². The monoisotopic (exact) mass is 1320 g/mol. The van der Waals surface area contributed by atoms with E-state index in [0.29, 0.717) is 110 Å². The summed E-state index contributed by atoms with van der Waals surface area (Å²) in [7, 11) is -0.856. The zero-order valence-corrected chi connectivity index (χ0v) is 58.1. The highest BCUT2D eigenvalue weighted by atomic mass is 28.3. The largest absolute Gasteiger partial charge is 0.468 e. The fourth-order valence-electron chi connectivity index (χ4n) is 16.8. The number of halogens is 3. The third kappa shape index (κ3) is 14.2. The Hall–Kier alpha value is -7.06. The number of amides is 4. The molecule has 6 fully saturated rings. The van der Waals surface area contributed by atoms with Gasteiger partial charge in [-0.2, -0.15) is 9.97 Å². The minimum Gasteiger partial charge on any atom is -0.468 e. The number of alkyl halides is 1. The van der Waals surface area contributed by atoms with Crippen molar-refractivity contribution < 1.29 is 51.3 Å². The van der Waals surface area contributed by atoms with Gasteiger partial charge < -0.3 is 38.5 Å². The summed E-state index contributed by atoms with van der Waals surface area (Å²) in [6.45, 7) is 26.5. The molecule has 0 aliphatic carbocycles. The zero-order chi connectivity index (χ0) is 67.3. The van der Waals surface area contributed by atoms with Crippen molar-refractivity contribution in [3.8, 4) is 34.5 Å². The van der Waals surface area contributed by atoms with E-state index in [9.17, 15) is 19.2 Å². The van der Waals surface area contributed by atoms with E-state index >= 15 is 13.2 Å². The summed E-state index contributed by atoms with van der Waals surface area (Å²) in [5.74, 6) is 2.91. The molecular formula is C73H95F3N10O8Si. The number of anilines is 2. The first kappa shape index (κ1) is 67.9. The van der Waals surface area contributed by atoms with E-state index in [1.807, 2.05) is 37.8 Å². The Balaban J connectivity index is 0.705. The number of nitrogens with zero attached hydrogens (tertiary/aromatic N) is 9. The van der Waals surface area contributed by atoms with Crippen LogP contribution in [0.2, 0.25) is 16.6 Å². The number of pyridine rings is 1. The number of carbonyl (C=O) groups is 4. The van der Waals surface area contributed by atoms with Crippen molar-refractivity contribution in [2.75, 3.05) is 95.8 Å². The highest BCUT2D eigenvalue weighted by Gasteiger charge is 2.47. The summed E-state index contributed by atoms with van der Waals surface area (Å²) in [5, 5.41) is 3.72. The van der Waals surface area contributed by atoms with Crippen molar-refractivity contribution >= 4 is 65.1 Å². The number of piperidine rings is 4. The maximum Gasteiger partial charge on any atom is 0.410 e. The van der Waals surface area contributed by atoms with Crippen LogP contribution in [0.25, 0.3) is 32.9 Å². The normalized spacial score (nSPS) is 21.7. The molecule has 0 saturated carbocycles. The minimum atomic E-state index is -2.37. The zero-order valence-electron chi connectivity index (χ0n) is 57.1. The maximum absolute atomic E-state index is 18.2. The Bertz CT molecular complexity index is 3740. The number of nitrogens with one attached hydrogen (secondary N) is 1. The van der Waals surface area contributed by atoms with Crippen LogP contribution in [0.5, 0.6) is 11.8 Å². The molecule has 3 atom stereocenters. The number of aromatic nitrogens is 3. The number of fused-ring (bicyclic) bond motifs is 5. The Morgan fingerprint density at radius 3 is 2.16 bits per heavy atom. The molecule has 2 bridgehead atoms. The standard InChI is InChI=1S/C73H95F3N10O8Si/c1-45(2)95(46(3)4,47(5)6)34-23-57-60(74)16-11-50-36-55(93-44-91-10)37-58(63(50)57)65-64(75)66-59(39-77-65)67(84-42-53-12-13-54(43-84)86(53)71(90)94-72(7,8)9)80-70(79-66)92-33-32-81-30-24-73(76,25-31-81)38-48-19-26-82(27-20-48)40-49-21-28-83(29-22-49)52-14-15-56-51(35-52)41-85(69(56)89)61-17-18-62(87)78-68(61)88/h11,14-16,35-37,39,45-49,53-54,61H,12-13,17-22,24-33,38,40-44H2,1-10H3,(H,78,87,88). The van der Waals surface area contributed by atoms with Gasteiger partial charge in [-0.05, 0) is 174 Å². The van der Waals surface area contributed by atoms with Crippen LogP contribution in [0.15, 0.2) is 48.7 Å². The number of benzene rings is 3. The van der Waals surface area contributed by atoms with Crippen LogP contribution in [0, 0.1) is 34.9 Å². The Morgan fingerprint density at radius 1 is 0.800 bits per heavy atom. The number of methoxy groups -OCH3 is 1. The summed E-state index contributed by atoms with van der Waals surface area (Å²) in [4.78, 5) is 78.6. The summed E-state index contributed by atoms with van der Waals surface area (Å²) in [6.07, 6.45) is 8.82. The van der Waals surface area contributed by atoms with Crippen molar-refractivity contribution in [2.45, 2.75) is 186 Å². The van der Waals surface area contributed by atoms with Gasteiger partial charge in [0.1, 0.15) is 60.6 Å². The first-order chi connectivity index (χ1) is 45.4. The molecule has 5 aromatic rings. The maximum atomic E-state index is 18.2.